The van der Waals surface area contributed by atoms with E-state index in [0.717, 1.165) is 19.3 Å². The zero-order valence-corrected chi connectivity index (χ0v) is 14.2. The molecule has 128 valence electrons. The molecule has 0 bridgehead atoms. The summed E-state index contributed by atoms with van der Waals surface area (Å²) in [5.41, 5.74) is 0. The molecule has 0 aromatic heterocycles. The molecule has 1 aliphatic rings. The maximum Gasteiger partial charge on any atom is 0.258 e. The maximum atomic E-state index is 12.1. The molecule has 23 heavy (non-hydrogen) atoms. The van der Waals surface area contributed by atoms with E-state index in [1.54, 1.807) is 0 Å². The summed E-state index contributed by atoms with van der Waals surface area (Å²) in [6, 6.07) is 7.82. The second-order valence-electron chi connectivity index (χ2n) is 6.19. The van der Waals surface area contributed by atoms with Crippen LogP contribution in [0.15, 0.2) is 24.3 Å². The highest BCUT2D eigenvalue weighted by molar-refractivity contribution is 5.77. The third kappa shape index (κ3) is 6.51. The molecule has 2 rings (SSSR count). The van der Waals surface area contributed by atoms with Crippen LogP contribution in [0.2, 0.25) is 0 Å². The van der Waals surface area contributed by atoms with Gasteiger partial charge in [-0.3, -0.25) is 4.79 Å². The molecule has 0 unspecified atom stereocenters. The number of amides is 1. The van der Waals surface area contributed by atoms with E-state index in [1.807, 2.05) is 24.3 Å². The fraction of sp³-hybridized carbons (Fsp3) is 0.632. The number of carbonyl (C=O) groups excluding carboxylic acids is 1. The van der Waals surface area contributed by atoms with Crippen molar-refractivity contribution in [3.8, 4) is 11.5 Å². The number of hydrogen-bond acceptors (Lipinski definition) is 3. The molecule has 0 saturated heterocycles. The second kappa shape index (κ2) is 10.1. The molecular weight excluding hydrogens is 290 g/mol. The Morgan fingerprint density at radius 3 is 2.30 bits per heavy atom. The summed E-state index contributed by atoms with van der Waals surface area (Å²) in [5, 5.41) is 3.11. The van der Waals surface area contributed by atoms with E-state index < -0.39 is 0 Å². The van der Waals surface area contributed by atoms with Crippen molar-refractivity contribution in [2.75, 3.05) is 13.2 Å². The summed E-state index contributed by atoms with van der Waals surface area (Å²) in [4.78, 5) is 12.1. The lowest BCUT2D eigenvalue weighted by Gasteiger charge is -2.21. The van der Waals surface area contributed by atoms with Crippen molar-refractivity contribution < 1.29 is 14.3 Å². The van der Waals surface area contributed by atoms with Gasteiger partial charge in [-0.25, -0.2) is 0 Å². The minimum atomic E-state index is -0.0409. The van der Waals surface area contributed by atoms with Crippen molar-refractivity contribution in [1.29, 1.82) is 0 Å². The minimum Gasteiger partial charge on any atom is -0.490 e. The lowest BCUT2D eigenvalue weighted by molar-refractivity contribution is -0.123. The van der Waals surface area contributed by atoms with Crippen LogP contribution < -0.4 is 14.8 Å². The molecule has 0 aliphatic heterocycles. The van der Waals surface area contributed by atoms with E-state index in [0.29, 0.717) is 24.1 Å². The van der Waals surface area contributed by atoms with Gasteiger partial charge in [0, 0.05) is 6.04 Å². The van der Waals surface area contributed by atoms with Crippen LogP contribution in [-0.2, 0) is 4.79 Å². The van der Waals surface area contributed by atoms with Gasteiger partial charge in [0.2, 0.25) is 0 Å². The molecule has 1 aliphatic carbocycles. The van der Waals surface area contributed by atoms with Crippen molar-refractivity contribution in [3.63, 3.8) is 0 Å². The zero-order valence-electron chi connectivity index (χ0n) is 14.2. The van der Waals surface area contributed by atoms with Crippen molar-refractivity contribution in [2.24, 2.45) is 0 Å². The van der Waals surface area contributed by atoms with Crippen molar-refractivity contribution in [2.45, 2.75) is 64.3 Å². The van der Waals surface area contributed by atoms with E-state index in [1.165, 1.54) is 32.1 Å². The number of ether oxygens (including phenoxy) is 2. The number of rotatable bonds is 7. The van der Waals surface area contributed by atoms with Crippen LogP contribution in [0.25, 0.3) is 0 Å². The molecule has 1 N–H and O–H groups in total. The molecule has 1 fully saturated rings. The van der Waals surface area contributed by atoms with Crippen LogP contribution in [0.4, 0.5) is 0 Å². The van der Waals surface area contributed by atoms with Crippen LogP contribution >= 0.6 is 0 Å². The molecule has 1 saturated carbocycles. The lowest BCUT2D eigenvalue weighted by Crippen LogP contribution is -2.38. The molecular formula is C19H29NO3. The first-order valence-corrected chi connectivity index (χ1v) is 8.93. The monoisotopic (exact) mass is 319 g/mol. The Kier molecular flexibility index (Phi) is 7.78. The maximum absolute atomic E-state index is 12.1. The predicted octanol–water partition coefficient (Wildman–Crippen LogP) is 4.08. The Morgan fingerprint density at radius 1 is 1.04 bits per heavy atom. The van der Waals surface area contributed by atoms with Crippen LogP contribution in [-0.4, -0.2) is 25.2 Å². The van der Waals surface area contributed by atoms with Crippen LogP contribution in [0.1, 0.15) is 58.3 Å². The van der Waals surface area contributed by atoms with Crippen molar-refractivity contribution in [3.05, 3.63) is 24.3 Å². The molecule has 0 radical (unpaired) electrons. The first kappa shape index (κ1) is 17.6. The molecule has 0 heterocycles. The number of benzene rings is 1. The summed E-state index contributed by atoms with van der Waals surface area (Å²) in [6.07, 6.45) is 9.42. The van der Waals surface area contributed by atoms with Crippen LogP contribution in [0.5, 0.6) is 11.5 Å². The fourth-order valence-electron chi connectivity index (χ4n) is 2.91. The quantitative estimate of drug-likeness (QED) is 0.823. The molecule has 1 aromatic rings. The van der Waals surface area contributed by atoms with Gasteiger partial charge in [0.25, 0.3) is 5.91 Å². The summed E-state index contributed by atoms with van der Waals surface area (Å²) < 4.78 is 11.3. The average Bonchev–Trinajstić information content (AvgIpc) is 2.54. The van der Waals surface area contributed by atoms with Gasteiger partial charge >= 0.3 is 0 Å². The SMILES string of the molecule is CCCOc1ccccc1OCC(=O)NC1CCCCCCC1. The van der Waals surface area contributed by atoms with Crippen molar-refractivity contribution in [1.82, 2.24) is 5.32 Å². The number of nitrogens with one attached hydrogen (secondary N) is 1. The third-order valence-electron chi connectivity index (χ3n) is 4.14. The van der Waals surface area contributed by atoms with Gasteiger partial charge in [0.1, 0.15) is 0 Å². The Balaban J connectivity index is 1.79. The van der Waals surface area contributed by atoms with Crippen molar-refractivity contribution >= 4 is 5.91 Å². The van der Waals surface area contributed by atoms with E-state index >= 15 is 0 Å². The van der Waals surface area contributed by atoms with E-state index in [2.05, 4.69) is 12.2 Å². The topological polar surface area (TPSA) is 47.6 Å². The summed E-state index contributed by atoms with van der Waals surface area (Å²) in [5.74, 6) is 1.29. The van der Waals surface area contributed by atoms with Gasteiger partial charge < -0.3 is 14.8 Å². The number of carbonyl (C=O) groups is 1. The van der Waals surface area contributed by atoms with Gasteiger partial charge in [-0.05, 0) is 31.4 Å². The smallest absolute Gasteiger partial charge is 0.258 e. The Hall–Kier alpha value is -1.71. The van der Waals surface area contributed by atoms with E-state index in [9.17, 15) is 4.79 Å². The highest BCUT2D eigenvalue weighted by Gasteiger charge is 2.15. The molecule has 4 nitrogen and oxygen atoms in total. The van der Waals surface area contributed by atoms with E-state index in [-0.39, 0.29) is 12.5 Å². The van der Waals surface area contributed by atoms with E-state index in [4.69, 9.17) is 9.47 Å². The number of para-hydroxylation sites is 2. The largest absolute Gasteiger partial charge is 0.490 e. The van der Waals surface area contributed by atoms with Crippen LogP contribution in [0.3, 0.4) is 0 Å². The molecule has 4 heteroatoms. The highest BCUT2D eigenvalue weighted by atomic mass is 16.5. The predicted molar refractivity (Wildman–Crippen MR) is 92.0 cm³/mol. The van der Waals surface area contributed by atoms with Gasteiger partial charge in [0.15, 0.2) is 18.1 Å². The van der Waals surface area contributed by atoms with Gasteiger partial charge in [-0.1, -0.05) is 51.2 Å². The Labute approximate surface area is 139 Å². The van der Waals surface area contributed by atoms with Crippen LogP contribution in [0, 0.1) is 0 Å². The first-order valence-electron chi connectivity index (χ1n) is 8.93. The fourth-order valence-corrected chi connectivity index (χ4v) is 2.91. The average molecular weight is 319 g/mol. The molecule has 0 spiro atoms. The van der Waals surface area contributed by atoms with Gasteiger partial charge in [-0.2, -0.15) is 0 Å². The van der Waals surface area contributed by atoms with Gasteiger partial charge in [-0.15, -0.1) is 0 Å². The highest BCUT2D eigenvalue weighted by Crippen LogP contribution is 2.26. The lowest BCUT2D eigenvalue weighted by atomic mass is 9.97. The minimum absolute atomic E-state index is 0.0409. The molecule has 1 aromatic carbocycles. The third-order valence-corrected chi connectivity index (χ3v) is 4.14. The molecule has 1 amide bonds. The Morgan fingerprint density at radius 2 is 1.65 bits per heavy atom. The number of hydrogen-bond donors (Lipinski definition) is 1. The summed E-state index contributed by atoms with van der Waals surface area (Å²) in [7, 11) is 0. The second-order valence-corrected chi connectivity index (χ2v) is 6.19. The normalized spacial score (nSPS) is 16.2. The Bertz CT molecular complexity index is 467. The first-order chi connectivity index (χ1) is 11.3. The van der Waals surface area contributed by atoms with Gasteiger partial charge in [0.05, 0.1) is 6.61 Å². The zero-order chi connectivity index (χ0) is 16.3. The summed E-state index contributed by atoms with van der Waals surface area (Å²) in [6.45, 7) is 2.75. The standard InChI is InChI=1S/C19H29NO3/c1-2-14-22-17-12-8-9-13-18(17)23-15-19(21)20-16-10-6-4-3-5-7-11-16/h8-9,12-13,16H,2-7,10-11,14-15H2,1H3,(H,20,21). The summed E-state index contributed by atoms with van der Waals surface area (Å²) >= 11 is 0. The molecule has 0 atom stereocenters.